The molecule has 0 radical (unpaired) electrons. The quantitative estimate of drug-likeness (QED) is 0.749. The Morgan fingerprint density at radius 3 is 2.50 bits per heavy atom. The molecule has 0 aromatic heterocycles. The fourth-order valence-electron chi connectivity index (χ4n) is 2.67. The van der Waals surface area contributed by atoms with Crippen LogP contribution in [-0.2, 0) is 0 Å². The van der Waals surface area contributed by atoms with Crippen LogP contribution in [0.25, 0.3) is 0 Å². The Labute approximate surface area is 102 Å². The summed E-state index contributed by atoms with van der Waals surface area (Å²) in [5.74, 6) is 0. The summed E-state index contributed by atoms with van der Waals surface area (Å²) in [6.07, 6.45) is 3.86. The van der Waals surface area contributed by atoms with Crippen LogP contribution in [0.15, 0.2) is 0 Å². The minimum Gasteiger partial charge on any atom is -0.314 e. The van der Waals surface area contributed by atoms with E-state index < -0.39 is 0 Å². The molecule has 2 nitrogen and oxygen atoms in total. The Hall–Kier alpha value is -0.0800. The van der Waals surface area contributed by atoms with E-state index in [0.29, 0.717) is 11.5 Å². The molecule has 0 amide bonds. The highest BCUT2D eigenvalue weighted by molar-refractivity contribution is 4.86. The molecule has 1 aliphatic rings. The Bertz CT molecular complexity index is 201. The van der Waals surface area contributed by atoms with Crippen molar-refractivity contribution in [2.45, 2.75) is 66.0 Å². The normalized spacial score (nSPS) is 24.6. The molecule has 0 saturated carbocycles. The van der Waals surface area contributed by atoms with Crippen LogP contribution in [0.1, 0.15) is 53.9 Å². The first-order valence-corrected chi connectivity index (χ1v) is 6.92. The first-order valence-electron chi connectivity index (χ1n) is 6.92. The van der Waals surface area contributed by atoms with E-state index in [0.717, 1.165) is 12.6 Å². The van der Waals surface area contributed by atoms with Crippen molar-refractivity contribution in [3.8, 4) is 0 Å². The molecule has 0 aromatic rings. The van der Waals surface area contributed by atoms with Crippen molar-refractivity contribution < 1.29 is 0 Å². The van der Waals surface area contributed by atoms with Gasteiger partial charge in [-0.2, -0.15) is 0 Å². The molecule has 1 heterocycles. The molecule has 0 bridgehead atoms. The predicted octanol–water partition coefficient (Wildman–Crippen LogP) is 2.89. The minimum absolute atomic E-state index is 0.536. The lowest BCUT2D eigenvalue weighted by atomic mass is 9.93. The molecule has 2 unspecified atom stereocenters. The van der Waals surface area contributed by atoms with Gasteiger partial charge in [-0.15, -0.1) is 0 Å². The summed E-state index contributed by atoms with van der Waals surface area (Å²) in [7, 11) is 0. The molecule has 16 heavy (non-hydrogen) atoms. The van der Waals surface area contributed by atoms with Crippen LogP contribution < -0.4 is 5.32 Å². The fraction of sp³-hybridized carbons (Fsp3) is 1.00. The summed E-state index contributed by atoms with van der Waals surface area (Å²) in [6.45, 7) is 15.4. The summed E-state index contributed by atoms with van der Waals surface area (Å²) in [5, 5.41) is 3.58. The van der Waals surface area contributed by atoms with Gasteiger partial charge in [-0.25, -0.2) is 0 Å². The summed E-state index contributed by atoms with van der Waals surface area (Å²) in [4.78, 5) is 2.66. The van der Waals surface area contributed by atoms with Gasteiger partial charge in [0.05, 0.1) is 0 Å². The van der Waals surface area contributed by atoms with E-state index in [1.165, 1.54) is 32.4 Å². The van der Waals surface area contributed by atoms with E-state index in [2.05, 4.69) is 44.8 Å². The second-order valence-electron chi connectivity index (χ2n) is 6.32. The average Bonchev–Trinajstić information content (AvgIpc) is 2.56. The number of likely N-dealkylation sites (tertiary alicyclic amines) is 1. The molecule has 1 N–H and O–H groups in total. The lowest BCUT2D eigenvalue weighted by molar-refractivity contribution is 0.208. The molecule has 2 atom stereocenters. The van der Waals surface area contributed by atoms with Gasteiger partial charge < -0.3 is 10.2 Å². The van der Waals surface area contributed by atoms with Crippen LogP contribution >= 0.6 is 0 Å². The largest absolute Gasteiger partial charge is 0.314 e. The third-order valence-corrected chi connectivity index (χ3v) is 3.77. The van der Waals surface area contributed by atoms with Crippen molar-refractivity contribution in [1.29, 1.82) is 0 Å². The third kappa shape index (κ3) is 4.42. The van der Waals surface area contributed by atoms with Gasteiger partial charge >= 0.3 is 0 Å². The molecule has 1 rings (SSSR count). The maximum Gasteiger partial charge on any atom is 0.00818 e. The SMILES string of the molecule is CCCNC(C)CC(C)N1CCC(C)(C)C1. The average molecular weight is 226 g/mol. The van der Waals surface area contributed by atoms with E-state index in [1.54, 1.807) is 0 Å². The molecular formula is C14H30N2. The van der Waals surface area contributed by atoms with Crippen LogP contribution in [0, 0.1) is 5.41 Å². The van der Waals surface area contributed by atoms with Gasteiger partial charge in [0.15, 0.2) is 0 Å². The van der Waals surface area contributed by atoms with Crippen LogP contribution in [0.3, 0.4) is 0 Å². The zero-order valence-electron chi connectivity index (χ0n) is 11.8. The zero-order valence-corrected chi connectivity index (χ0v) is 11.8. The van der Waals surface area contributed by atoms with Crippen LogP contribution in [-0.4, -0.2) is 36.6 Å². The standard InChI is InChI=1S/C14H30N2/c1-6-8-15-12(2)10-13(3)16-9-7-14(4,5)11-16/h12-13,15H,6-11H2,1-5H3. The second kappa shape index (κ2) is 6.02. The van der Waals surface area contributed by atoms with E-state index in [1.807, 2.05) is 0 Å². The molecule has 0 aliphatic carbocycles. The first kappa shape index (κ1) is 14.0. The number of nitrogens with one attached hydrogen (secondary N) is 1. The monoisotopic (exact) mass is 226 g/mol. The fourth-order valence-corrected chi connectivity index (χ4v) is 2.67. The summed E-state index contributed by atoms with van der Waals surface area (Å²) in [6, 6.07) is 1.37. The molecule has 1 fully saturated rings. The molecule has 96 valence electrons. The van der Waals surface area contributed by atoms with Crippen molar-refractivity contribution in [3.05, 3.63) is 0 Å². The minimum atomic E-state index is 0.536. The number of hydrogen-bond acceptors (Lipinski definition) is 2. The van der Waals surface area contributed by atoms with Crippen LogP contribution in [0.5, 0.6) is 0 Å². The van der Waals surface area contributed by atoms with Crippen molar-refractivity contribution >= 4 is 0 Å². The van der Waals surface area contributed by atoms with Crippen LogP contribution in [0.2, 0.25) is 0 Å². The Balaban J connectivity index is 2.27. The number of nitrogens with zero attached hydrogens (tertiary/aromatic N) is 1. The van der Waals surface area contributed by atoms with Crippen molar-refractivity contribution in [3.63, 3.8) is 0 Å². The molecule has 0 aromatic carbocycles. The highest BCUT2D eigenvalue weighted by atomic mass is 15.2. The molecule has 1 saturated heterocycles. The van der Waals surface area contributed by atoms with Gasteiger partial charge in [0.2, 0.25) is 0 Å². The summed E-state index contributed by atoms with van der Waals surface area (Å²) < 4.78 is 0. The first-order chi connectivity index (χ1) is 7.44. The maximum atomic E-state index is 3.58. The van der Waals surface area contributed by atoms with E-state index in [9.17, 15) is 0 Å². The summed E-state index contributed by atoms with van der Waals surface area (Å²) >= 11 is 0. The maximum absolute atomic E-state index is 3.58. The Morgan fingerprint density at radius 1 is 1.31 bits per heavy atom. The van der Waals surface area contributed by atoms with Crippen LogP contribution in [0.4, 0.5) is 0 Å². The predicted molar refractivity (Wildman–Crippen MR) is 71.8 cm³/mol. The second-order valence-corrected chi connectivity index (χ2v) is 6.32. The van der Waals surface area contributed by atoms with Crippen molar-refractivity contribution in [2.24, 2.45) is 5.41 Å². The number of rotatable bonds is 6. The van der Waals surface area contributed by atoms with Gasteiger partial charge in [0.1, 0.15) is 0 Å². The van der Waals surface area contributed by atoms with Gasteiger partial charge in [-0.05, 0) is 51.6 Å². The lowest BCUT2D eigenvalue weighted by Gasteiger charge is -2.28. The van der Waals surface area contributed by atoms with Gasteiger partial charge in [0, 0.05) is 18.6 Å². The van der Waals surface area contributed by atoms with Gasteiger partial charge in [-0.1, -0.05) is 20.8 Å². The molecular weight excluding hydrogens is 196 g/mol. The van der Waals surface area contributed by atoms with E-state index >= 15 is 0 Å². The topological polar surface area (TPSA) is 15.3 Å². The Morgan fingerprint density at radius 2 is 2.00 bits per heavy atom. The highest BCUT2D eigenvalue weighted by Gasteiger charge is 2.31. The third-order valence-electron chi connectivity index (χ3n) is 3.77. The molecule has 0 spiro atoms. The zero-order chi connectivity index (χ0) is 12.2. The van der Waals surface area contributed by atoms with Gasteiger partial charge in [0.25, 0.3) is 0 Å². The Kier molecular flexibility index (Phi) is 5.26. The highest BCUT2D eigenvalue weighted by Crippen LogP contribution is 2.30. The lowest BCUT2D eigenvalue weighted by Crippen LogP contribution is -2.38. The van der Waals surface area contributed by atoms with E-state index in [4.69, 9.17) is 0 Å². The summed E-state index contributed by atoms with van der Waals surface area (Å²) in [5.41, 5.74) is 0.536. The van der Waals surface area contributed by atoms with Crippen molar-refractivity contribution in [2.75, 3.05) is 19.6 Å². The molecule has 1 aliphatic heterocycles. The smallest absolute Gasteiger partial charge is 0.00818 e. The molecule has 2 heteroatoms. The van der Waals surface area contributed by atoms with Crippen molar-refractivity contribution in [1.82, 2.24) is 10.2 Å². The van der Waals surface area contributed by atoms with Gasteiger partial charge in [-0.3, -0.25) is 0 Å². The number of hydrogen-bond donors (Lipinski definition) is 1. The van der Waals surface area contributed by atoms with E-state index in [-0.39, 0.29) is 0 Å².